The summed E-state index contributed by atoms with van der Waals surface area (Å²) < 4.78 is 10.4. The first-order valence-electron chi connectivity index (χ1n) is 6.77. The third-order valence-corrected chi connectivity index (χ3v) is 3.11. The normalized spacial score (nSPS) is 12.4. The van der Waals surface area contributed by atoms with Crippen molar-refractivity contribution in [1.82, 2.24) is 20.4 Å². The molecule has 0 aliphatic heterocycles. The van der Waals surface area contributed by atoms with Crippen LogP contribution in [0.2, 0.25) is 0 Å². The number of aromatic nitrogens is 3. The van der Waals surface area contributed by atoms with Crippen molar-refractivity contribution in [1.29, 1.82) is 0 Å². The van der Waals surface area contributed by atoms with Crippen LogP contribution >= 0.6 is 0 Å². The molecule has 0 radical (unpaired) electrons. The molecule has 2 aromatic heterocycles. The molecule has 0 saturated heterocycles. The maximum Gasteiger partial charge on any atom is 0.223 e. The number of nitrogens with one attached hydrogen (secondary N) is 1. The molecular weight excluding hydrogens is 268 g/mol. The van der Waals surface area contributed by atoms with Crippen LogP contribution in [0.4, 0.5) is 0 Å². The second-order valence-corrected chi connectivity index (χ2v) is 4.72. The molecule has 6 heteroatoms. The molecule has 1 aromatic carbocycles. The van der Waals surface area contributed by atoms with Crippen LogP contribution in [0.5, 0.6) is 0 Å². The van der Waals surface area contributed by atoms with Crippen LogP contribution in [0.1, 0.15) is 29.2 Å². The number of nitrogens with zero attached hydrogens (tertiary/aromatic N) is 3. The van der Waals surface area contributed by atoms with E-state index in [4.69, 9.17) is 8.94 Å². The summed E-state index contributed by atoms with van der Waals surface area (Å²) in [5.74, 6) is 1.83. The zero-order valence-corrected chi connectivity index (χ0v) is 11.7. The van der Waals surface area contributed by atoms with Crippen LogP contribution in [0.15, 0.2) is 51.7 Å². The van der Waals surface area contributed by atoms with Crippen LogP contribution in [0, 0.1) is 6.92 Å². The molecule has 1 atom stereocenters. The summed E-state index contributed by atoms with van der Waals surface area (Å²) in [6, 6.07) is 10.2. The second-order valence-electron chi connectivity index (χ2n) is 4.72. The van der Waals surface area contributed by atoms with Crippen molar-refractivity contribution in [3.63, 3.8) is 0 Å². The molecule has 3 aromatic rings. The Hall–Kier alpha value is -2.47. The van der Waals surface area contributed by atoms with E-state index in [9.17, 15) is 0 Å². The average Bonchev–Trinajstić information content (AvgIpc) is 3.16. The quantitative estimate of drug-likeness (QED) is 0.749. The van der Waals surface area contributed by atoms with Crippen molar-refractivity contribution >= 4 is 0 Å². The molecule has 1 unspecified atom stereocenters. The van der Waals surface area contributed by atoms with Crippen LogP contribution in [-0.4, -0.2) is 15.1 Å². The third-order valence-electron chi connectivity index (χ3n) is 3.11. The van der Waals surface area contributed by atoms with E-state index >= 15 is 0 Å². The van der Waals surface area contributed by atoms with Crippen LogP contribution in [-0.2, 0) is 13.0 Å². The molecule has 0 aliphatic carbocycles. The van der Waals surface area contributed by atoms with Crippen molar-refractivity contribution in [3.05, 3.63) is 66.0 Å². The first-order chi connectivity index (χ1) is 10.3. The van der Waals surface area contributed by atoms with Gasteiger partial charge in [0.2, 0.25) is 11.8 Å². The fourth-order valence-corrected chi connectivity index (χ4v) is 2.13. The van der Waals surface area contributed by atoms with Gasteiger partial charge in [0.1, 0.15) is 6.26 Å². The van der Waals surface area contributed by atoms with Crippen molar-refractivity contribution < 1.29 is 8.94 Å². The number of hydrogen-bond acceptors (Lipinski definition) is 6. The molecule has 0 aliphatic rings. The molecule has 0 fully saturated rings. The highest BCUT2D eigenvalue weighted by atomic mass is 16.5. The van der Waals surface area contributed by atoms with Crippen molar-refractivity contribution in [2.75, 3.05) is 0 Å². The summed E-state index contributed by atoms with van der Waals surface area (Å²) in [7, 11) is 0. The van der Waals surface area contributed by atoms with Gasteiger partial charge in [-0.2, -0.15) is 4.98 Å². The molecule has 0 saturated carbocycles. The topological polar surface area (TPSA) is 77.0 Å². The molecule has 3 rings (SSSR count). The number of oxazole rings is 1. The minimum absolute atomic E-state index is 0.0405. The SMILES string of the molecule is Cc1nc(CNC(Cc2ccccc2)c2ncco2)no1. The fourth-order valence-electron chi connectivity index (χ4n) is 2.13. The number of hydrogen-bond donors (Lipinski definition) is 1. The third kappa shape index (κ3) is 3.55. The van der Waals surface area contributed by atoms with E-state index in [0.717, 1.165) is 6.42 Å². The van der Waals surface area contributed by atoms with Gasteiger partial charge in [-0.25, -0.2) is 4.98 Å². The van der Waals surface area contributed by atoms with Gasteiger partial charge in [-0.15, -0.1) is 0 Å². The van der Waals surface area contributed by atoms with Gasteiger partial charge in [-0.05, 0) is 12.0 Å². The van der Waals surface area contributed by atoms with Crippen molar-refractivity contribution in [3.8, 4) is 0 Å². The van der Waals surface area contributed by atoms with E-state index in [1.807, 2.05) is 18.2 Å². The maximum atomic E-state index is 5.42. The summed E-state index contributed by atoms with van der Waals surface area (Å²) >= 11 is 0. The molecule has 108 valence electrons. The van der Waals surface area contributed by atoms with Crippen molar-refractivity contribution in [2.45, 2.75) is 25.9 Å². The van der Waals surface area contributed by atoms with E-state index in [0.29, 0.717) is 24.2 Å². The smallest absolute Gasteiger partial charge is 0.223 e. The Kier molecular flexibility index (Phi) is 4.07. The number of benzene rings is 1. The fraction of sp³-hybridized carbons (Fsp3) is 0.267. The zero-order valence-electron chi connectivity index (χ0n) is 11.7. The van der Waals surface area contributed by atoms with Gasteiger partial charge in [0.15, 0.2) is 5.82 Å². The largest absolute Gasteiger partial charge is 0.447 e. The van der Waals surface area contributed by atoms with Crippen molar-refractivity contribution in [2.24, 2.45) is 0 Å². The summed E-state index contributed by atoms with van der Waals surface area (Å²) in [5, 5.41) is 7.24. The molecule has 21 heavy (non-hydrogen) atoms. The minimum Gasteiger partial charge on any atom is -0.447 e. The van der Waals surface area contributed by atoms with E-state index < -0.39 is 0 Å². The Labute approximate surface area is 122 Å². The van der Waals surface area contributed by atoms with Crippen LogP contribution < -0.4 is 5.32 Å². The Morgan fingerprint density at radius 3 is 2.76 bits per heavy atom. The van der Waals surface area contributed by atoms with Gasteiger partial charge in [-0.1, -0.05) is 35.5 Å². The molecular formula is C15H16N4O2. The minimum atomic E-state index is -0.0405. The van der Waals surface area contributed by atoms with E-state index in [1.54, 1.807) is 19.4 Å². The molecule has 1 N–H and O–H groups in total. The summed E-state index contributed by atoms with van der Waals surface area (Å²) in [4.78, 5) is 8.42. The highest BCUT2D eigenvalue weighted by molar-refractivity contribution is 5.17. The zero-order chi connectivity index (χ0) is 14.5. The predicted octanol–water partition coefficient (Wildman–Crippen LogP) is 2.44. The lowest BCUT2D eigenvalue weighted by molar-refractivity contribution is 0.371. The monoisotopic (exact) mass is 284 g/mol. The van der Waals surface area contributed by atoms with Gasteiger partial charge >= 0.3 is 0 Å². The number of rotatable bonds is 6. The summed E-state index contributed by atoms with van der Waals surface area (Å²) in [5.41, 5.74) is 1.21. The lowest BCUT2D eigenvalue weighted by Gasteiger charge is -2.14. The van der Waals surface area contributed by atoms with Gasteiger partial charge in [0, 0.05) is 6.92 Å². The standard InChI is InChI=1S/C15H16N4O2/c1-11-18-14(19-21-11)10-17-13(15-16-7-8-20-15)9-12-5-3-2-4-6-12/h2-8,13,17H,9-10H2,1H3. The van der Waals surface area contributed by atoms with E-state index in [2.05, 4.69) is 32.6 Å². The van der Waals surface area contributed by atoms with Gasteiger partial charge in [0.25, 0.3) is 0 Å². The van der Waals surface area contributed by atoms with Gasteiger partial charge < -0.3 is 8.94 Å². The summed E-state index contributed by atoms with van der Waals surface area (Å²) in [6.07, 6.45) is 4.00. The first-order valence-corrected chi connectivity index (χ1v) is 6.77. The molecule has 6 nitrogen and oxygen atoms in total. The predicted molar refractivity (Wildman–Crippen MR) is 75.3 cm³/mol. The molecule has 0 bridgehead atoms. The lowest BCUT2D eigenvalue weighted by Crippen LogP contribution is -2.23. The first kappa shape index (κ1) is 13.5. The van der Waals surface area contributed by atoms with E-state index in [-0.39, 0.29) is 6.04 Å². The number of aryl methyl sites for hydroxylation is 1. The van der Waals surface area contributed by atoms with Gasteiger partial charge in [0.05, 0.1) is 18.8 Å². The average molecular weight is 284 g/mol. The lowest BCUT2D eigenvalue weighted by atomic mass is 10.1. The Balaban J connectivity index is 1.70. The Morgan fingerprint density at radius 2 is 2.10 bits per heavy atom. The molecule has 0 spiro atoms. The second kappa shape index (κ2) is 6.32. The summed E-state index contributed by atoms with van der Waals surface area (Å²) in [6.45, 7) is 2.27. The Morgan fingerprint density at radius 1 is 1.24 bits per heavy atom. The van der Waals surface area contributed by atoms with Crippen LogP contribution in [0.3, 0.4) is 0 Å². The highest BCUT2D eigenvalue weighted by Gasteiger charge is 2.17. The maximum absolute atomic E-state index is 5.42. The molecule has 0 amide bonds. The Bertz CT molecular complexity index is 664. The molecule has 2 heterocycles. The van der Waals surface area contributed by atoms with Crippen LogP contribution in [0.25, 0.3) is 0 Å². The van der Waals surface area contributed by atoms with E-state index in [1.165, 1.54) is 5.56 Å². The van der Waals surface area contributed by atoms with Gasteiger partial charge in [-0.3, -0.25) is 5.32 Å². The highest BCUT2D eigenvalue weighted by Crippen LogP contribution is 2.17.